The summed E-state index contributed by atoms with van der Waals surface area (Å²) in [4.78, 5) is 30.7. The van der Waals surface area contributed by atoms with Crippen LogP contribution in [0.3, 0.4) is 0 Å². The number of hydrogen-bond acceptors (Lipinski definition) is 8. The van der Waals surface area contributed by atoms with Crippen LogP contribution in [0.5, 0.6) is 0 Å². The summed E-state index contributed by atoms with van der Waals surface area (Å²) < 4.78 is 35.3. The van der Waals surface area contributed by atoms with Crippen molar-refractivity contribution in [2.24, 2.45) is 0 Å². The topological polar surface area (TPSA) is 155 Å². The van der Waals surface area contributed by atoms with Crippen LogP contribution < -0.4 is 15.4 Å². The van der Waals surface area contributed by atoms with E-state index in [4.69, 9.17) is 4.74 Å². The number of ether oxygens (including phenoxy) is 1. The molecule has 0 aliphatic rings. The molecule has 2 atom stereocenters. The zero-order chi connectivity index (χ0) is 29.6. The minimum absolute atomic E-state index is 0.0774. The third-order valence-corrected chi connectivity index (χ3v) is 8.19. The molecule has 0 saturated carbocycles. The van der Waals surface area contributed by atoms with E-state index in [9.17, 15) is 18.0 Å². The van der Waals surface area contributed by atoms with Crippen molar-refractivity contribution in [3.05, 3.63) is 83.2 Å². The van der Waals surface area contributed by atoms with Crippen molar-refractivity contribution in [3.63, 3.8) is 0 Å². The molecule has 4 rings (SSSR count). The molecule has 4 aromatic rings. The maximum absolute atomic E-state index is 13.6. The molecule has 0 saturated heterocycles. The van der Waals surface area contributed by atoms with Crippen LogP contribution in [-0.4, -0.2) is 54.3 Å². The van der Waals surface area contributed by atoms with Gasteiger partial charge in [-0.15, -0.1) is 0 Å². The molecule has 0 radical (unpaired) electrons. The van der Waals surface area contributed by atoms with Crippen molar-refractivity contribution in [2.75, 3.05) is 11.9 Å². The van der Waals surface area contributed by atoms with Gasteiger partial charge in [-0.2, -0.15) is 9.82 Å². The molecule has 4 N–H and O–H groups in total. The van der Waals surface area contributed by atoms with Gasteiger partial charge in [-0.05, 0) is 56.2 Å². The quantitative estimate of drug-likeness (QED) is 0.146. The average molecular weight is 579 g/mol. The first-order chi connectivity index (χ1) is 19.6. The van der Waals surface area contributed by atoms with Crippen LogP contribution in [0.1, 0.15) is 46.8 Å². The summed E-state index contributed by atoms with van der Waals surface area (Å²) >= 11 is 0. The van der Waals surface area contributed by atoms with E-state index in [2.05, 4.69) is 30.5 Å². The summed E-state index contributed by atoms with van der Waals surface area (Å²) in [5, 5.41) is 13.3. The summed E-state index contributed by atoms with van der Waals surface area (Å²) in [7, 11) is -4.17. The number of anilines is 1. The number of rotatable bonds is 12. The molecule has 0 aliphatic heterocycles. The Labute approximate surface area is 239 Å². The molecule has 0 bridgehead atoms. The Balaban J connectivity index is 1.57. The number of carbonyl (C=O) groups is 2. The molecule has 0 aliphatic carbocycles. The van der Waals surface area contributed by atoms with Gasteiger partial charge in [-0.1, -0.05) is 43.2 Å². The number of esters is 1. The summed E-state index contributed by atoms with van der Waals surface area (Å²) in [6.45, 7) is 6.86. The Kier molecular flexibility index (Phi) is 9.35. The Bertz CT molecular complexity index is 1610. The highest BCUT2D eigenvalue weighted by atomic mass is 32.2. The van der Waals surface area contributed by atoms with Crippen LogP contribution in [0.2, 0.25) is 0 Å². The van der Waals surface area contributed by atoms with Gasteiger partial charge in [-0.25, -0.2) is 13.4 Å². The van der Waals surface area contributed by atoms with E-state index in [0.717, 1.165) is 10.9 Å². The number of amides is 1. The lowest BCUT2D eigenvalue weighted by molar-refractivity contribution is -0.149. The molecule has 2 aromatic heterocycles. The number of fused-ring (bicyclic) bond motifs is 1. The van der Waals surface area contributed by atoms with Crippen molar-refractivity contribution in [3.8, 4) is 0 Å². The van der Waals surface area contributed by atoms with E-state index in [1.54, 1.807) is 74.8 Å². The van der Waals surface area contributed by atoms with Gasteiger partial charge in [0.15, 0.2) is 6.23 Å². The number of carbonyl (C=O) groups excluding carboxylic acids is 2. The molecule has 0 spiro atoms. The maximum atomic E-state index is 13.6. The lowest BCUT2D eigenvalue weighted by Gasteiger charge is -2.24. The Hall–Kier alpha value is -4.29. The second kappa shape index (κ2) is 12.9. The zero-order valence-corrected chi connectivity index (χ0v) is 24.2. The summed E-state index contributed by atoms with van der Waals surface area (Å²) in [5.74, 6) is -0.829. The Morgan fingerprint density at radius 1 is 1.05 bits per heavy atom. The number of hydrogen-bond donors (Lipinski definition) is 4. The molecule has 2 heterocycles. The highest BCUT2D eigenvalue weighted by Gasteiger charge is 2.31. The normalized spacial score (nSPS) is 13.0. The second-order valence-corrected chi connectivity index (χ2v) is 11.5. The SMILES string of the molecule is CCCC(Nc1ccccn1)OC(=O)[C@H](CNC(=O)c1ccc2cn[nH]c2c1)NS(=O)(=O)c1c(C)cc(C)cc1C. The van der Waals surface area contributed by atoms with Gasteiger partial charge in [-0.3, -0.25) is 14.7 Å². The van der Waals surface area contributed by atoms with E-state index in [0.29, 0.717) is 40.9 Å². The zero-order valence-electron chi connectivity index (χ0n) is 23.4. The van der Waals surface area contributed by atoms with Gasteiger partial charge < -0.3 is 15.4 Å². The third kappa shape index (κ3) is 7.47. The van der Waals surface area contributed by atoms with Crippen molar-refractivity contribution in [1.29, 1.82) is 0 Å². The van der Waals surface area contributed by atoms with Crippen LogP contribution in [0, 0.1) is 20.8 Å². The van der Waals surface area contributed by atoms with Gasteiger partial charge in [0.2, 0.25) is 10.0 Å². The first-order valence-electron chi connectivity index (χ1n) is 13.3. The van der Waals surface area contributed by atoms with E-state index >= 15 is 0 Å². The number of pyridine rings is 1. The predicted octanol–water partition coefficient (Wildman–Crippen LogP) is 3.74. The third-order valence-electron chi connectivity index (χ3n) is 6.41. The lowest BCUT2D eigenvalue weighted by atomic mass is 10.1. The van der Waals surface area contributed by atoms with Crippen molar-refractivity contribution < 1.29 is 22.7 Å². The van der Waals surface area contributed by atoms with E-state index in [1.165, 1.54) is 0 Å². The van der Waals surface area contributed by atoms with E-state index < -0.39 is 34.2 Å². The molecule has 41 heavy (non-hydrogen) atoms. The average Bonchev–Trinajstić information content (AvgIpc) is 3.39. The minimum Gasteiger partial charge on any atom is -0.440 e. The molecule has 2 aromatic carbocycles. The fourth-order valence-electron chi connectivity index (χ4n) is 4.64. The molecule has 1 unspecified atom stereocenters. The van der Waals surface area contributed by atoms with Crippen LogP contribution in [-0.2, 0) is 19.6 Å². The van der Waals surface area contributed by atoms with Crippen molar-refractivity contribution in [1.82, 2.24) is 25.2 Å². The number of aromatic amines is 1. The fourth-order valence-corrected chi connectivity index (χ4v) is 6.28. The monoisotopic (exact) mass is 578 g/mol. The first kappa shape index (κ1) is 29.7. The summed E-state index contributed by atoms with van der Waals surface area (Å²) in [6, 6.07) is 12.4. The van der Waals surface area contributed by atoms with Crippen LogP contribution >= 0.6 is 0 Å². The van der Waals surface area contributed by atoms with E-state index in [1.807, 2.05) is 13.8 Å². The minimum atomic E-state index is -4.17. The number of sulfonamides is 1. The molecule has 11 nitrogen and oxygen atoms in total. The first-order valence-corrected chi connectivity index (χ1v) is 14.7. The Morgan fingerprint density at radius 3 is 2.49 bits per heavy atom. The number of aryl methyl sites for hydroxylation is 3. The van der Waals surface area contributed by atoms with Crippen LogP contribution in [0.4, 0.5) is 5.82 Å². The standard InChI is InChI=1S/C29H34N6O5S/c1-5-8-26(33-25-9-6-7-12-30-25)40-29(37)24(35-41(38,39)27-19(3)13-18(2)14-20(27)4)17-31-28(36)21-10-11-22-16-32-34-23(22)15-21/h6-7,9-16,24,26,35H,5,8,17H2,1-4H3,(H,30,33)(H,31,36)(H,32,34)/t24-,26?/m0/s1. The Morgan fingerprint density at radius 2 is 1.80 bits per heavy atom. The highest BCUT2D eigenvalue weighted by molar-refractivity contribution is 7.89. The van der Waals surface area contributed by atoms with Gasteiger partial charge in [0.25, 0.3) is 5.91 Å². The van der Waals surface area contributed by atoms with E-state index in [-0.39, 0.29) is 11.4 Å². The summed E-state index contributed by atoms with van der Waals surface area (Å²) in [6.07, 6.45) is 3.61. The van der Waals surface area contributed by atoms with Crippen molar-refractivity contribution >= 4 is 38.6 Å². The number of H-pyrrole nitrogens is 1. The van der Waals surface area contributed by atoms with Gasteiger partial charge in [0.1, 0.15) is 11.9 Å². The molecule has 12 heteroatoms. The lowest BCUT2D eigenvalue weighted by Crippen LogP contribution is -2.50. The van der Waals surface area contributed by atoms with Gasteiger partial charge in [0.05, 0.1) is 16.6 Å². The summed E-state index contributed by atoms with van der Waals surface area (Å²) in [5.41, 5.74) is 2.99. The van der Waals surface area contributed by atoms with Crippen molar-refractivity contribution in [2.45, 2.75) is 57.7 Å². The fraction of sp³-hybridized carbons (Fsp3) is 0.310. The highest BCUT2D eigenvalue weighted by Crippen LogP contribution is 2.22. The predicted molar refractivity (Wildman–Crippen MR) is 156 cm³/mol. The molecular formula is C29H34N6O5S. The maximum Gasteiger partial charge on any atom is 0.327 e. The smallest absolute Gasteiger partial charge is 0.327 e. The number of nitrogens with one attached hydrogen (secondary N) is 4. The van der Waals surface area contributed by atoms with Gasteiger partial charge >= 0.3 is 5.97 Å². The number of nitrogens with zero attached hydrogens (tertiary/aromatic N) is 2. The molecule has 1 amide bonds. The second-order valence-electron chi connectivity index (χ2n) is 9.86. The van der Waals surface area contributed by atoms with Crippen LogP contribution in [0.15, 0.2) is 65.8 Å². The largest absolute Gasteiger partial charge is 0.440 e. The van der Waals surface area contributed by atoms with Gasteiger partial charge in [0, 0.05) is 30.1 Å². The number of benzene rings is 2. The molecular weight excluding hydrogens is 544 g/mol. The molecule has 0 fully saturated rings. The molecule has 216 valence electrons. The van der Waals surface area contributed by atoms with Crippen LogP contribution in [0.25, 0.3) is 10.9 Å². The number of aromatic nitrogens is 3.